The lowest BCUT2D eigenvalue weighted by Gasteiger charge is -2.32. The van der Waals surface area contributed by atoms with Crippen LogP contribution in [0.1, 0.15) is 88.2 Å². The maximum absolute atomic E-state index is 8.66. The van der Waals surface area contributed by atoms with Crippen molar-refractivity contribution in [3.8, 4) is 6.07 Å². The number of unbranched alkanes of at least 4 members (excludes halogenated alkanes) is 1. The maximum atomic E-state index is 8.66. The molecule has 1 aromatic rings. The number of hydrogen-bond acceptors (Lipinski definition) is 2. The van der Waals surface area contributed by atoms with Gasteiger partial charge in [-0.2, -0.15) is 5.26 Å². The predicted octanol–water partition coefficient (Wildman–Crippen LogP) is 6.96. The van der Waals surface area contributed by atoms with E-state index >= 15 is 0 Å². The third kappa shape index (κ3) is 6.49. The Morgan fingerprint density at radius 1 is 1.00 bits per heavy atom. The van der Waals surface area contributed by atoms with Gasteiger partial charge in [0.15, 0.2) is 0 Å². The smallest absolute Gasteiger partial charge is 0.0908 e. The number of nitrogens with zero attached hydrogens (tertiary/aromatic N) is 1. The van der Waals surface area contributed by atoms with E-state index < -0.39 is 0 Å². The van der Waals surface area contributed by atoms with Crippen molar-refractivity contribution in [2.24, 2.45) is 11.8 Å². The molecule has 0 aromatic heterocycles. The molecular formula is C26H37NO. The van der Waals surface area contributed by atoms with Crippen LogP contribution in [0.15, 0.2) is 36.4 Å². The second kappa shape index (κ2) is 11.4. The molecule has 28 heavy (non-hydrogen) atoms. The quantitative estimate of drug-likeness (QED) is 0.457. The zero-order chi connectivity index (χ0) is 19.6. The fourth-order valence-electron chi connectivity index (χ4n) is 4.90. The van der Waals surface area contributed by atoms with E-state index in [1.807, 2.05) is 0 Å². The maximum Gasteiger partial charge on any atom is 0.0908 e. The van der Waals surface area contributed by atoms with E-state index in [0.717, 1.165) is 18.4 Å². The summed E-state index contributed by atoms with van der Waals surface area (Å²) in [5.41, 5.74) is 3.02. The van der Waals surface area contributed by atoms with Gasteiger partial charge in [0.1, 0.15) is 0 Å². The molecule has 0 spiro atoms. The molecule has 0 N–H and O–H groups in total. The van der Waals surface area contributed by atoms with E-state index in [-0.39, 0.29) is 0 Å². The Balaban J connectivity index is 1.34. The first kappa shape index (κ1) is 21.1. The second-order valence-corrected chi connectivity index (χ2v) is 8.92. The molecule has 0 saturated heterocycles. The molecule has 0 bridgehead atoms. The highest BCUT2D eigenvalue weighted by Gasteiger charge is 2.25. The van der Waals surface area contributed by atoms with Crippen LogP contribution < -0.4 is 0 Å². The third-order valence-electron chi connectivity index (χ3n) is 6.85. The Morgan fingerprint density at radius 3 is 2.36 bits per heavy atom. The van der Waals surface area contributed by atoms with Crippen LogP contribution in [-0.4, -0.2) is 12.7 Å². The van der Waals surface area contributed by atoms with Crippen LogP contribution in [0.2, 0.25) is 0 Å². The van der Waals surface area contributed by atoms with Gasteiger partial charge in [0.25, 0.3) is 0 Å². The van der Waals surface area contributed by atoms with Crippen molar-refractivity contribution in [3.63, 3.8) is 0 Å². The average Bonchev–Trinajstić information content (AvgIpc) is 2.76. The molecule has 2 heteroatoms. The monoisotopic (exact) mass is 379 g/mol. The van der Waals surface area contributed by atoms with Crippen molar-refractivity contribution < 1.29 is 4.74 Å². The molecule has 152 valence electrons. The van der Waals surface area contributed by atoms with Gasteiger partial charge in [-0.05, 0) is 93.1 Å². The van der Waals surface area contributed by atoms with Crippen molar-refractivity contribution in [1.29, 1.82) is 5.26 Å². The number of nitriles is 1. The summed E-state index contributed by atoms with van der Waals surface area (Å²) in [4.78, 5) is 0. The summed E-state index contributed by atoms with van der Waals surface area (Å²) in [6, 6.07) is 11.5. The van der Waals surface area contributed by atoms with E-state index in [2.05, 4.69) is 43.3 Å². The Morgan fingerprint density at radius 2 is 1.71 bits per heavy atom. The lowest BCUT2D eigenvalue weighted by molar-refractivity contribution is -0.00337. The fourth-order valence-corrected chi connectivity index (χ4v) is 4.90. The molecule has 0 unspecified atom stereocenters. The number of allylic oxidation sites excluding steroid dienone is 2. The third-order valence-corrected chi connectivity index (χ3v) is 6.85. The molecule has 2 nitrogen and oxygen atoms in total. The standard InChI is InChI=1S/C26H37NO/c1-2-3-5-21-11-13-24(14-12-21)25-15-17-26(18-16-25)28-20-23-9-7-22(8-10-23)6-4-19-27/h4,6,11-14,22-23,25-26H,2-3,5,7-10,15-18,20H2,1H3/b6-4+/t22-,23-,25-,26-. The van der Waals surface area contributed by atoms with Crippen molar-refractivity contribution >= 4 is 0 Å². The SMILES string of the molecule is CCCCc1ccc([C@H]2CC[C@H](OC[C@H]3CC[C@H](/C=C/C#N)CC3)CC2)cc1. The molecular weight excluding hydrogens is 342 g/mol. The number of aryl methyl sites for hydroxylation is 1. The van der Waals surface area contributed by atoms with Gasteiger partial charge in [-0.3, -0.25) is 0 Å². The minimum absolute atomic E-state index is 0.469. The second-order valence-electron chi connectivity index (χ2n) is 8.92. The number of benzene rings is 1. The van der Waals surface area contributed by atoms with Gasteiger partial charge in [-0.1, -0.05) is 43.7 Å². The van der Waals surface area contributed by atoms with Crippen LogP contribution in [0.25, 0.3) is 0 Å². The molecule has 0 heterocycles. The highest BCUT2D eigenvalue weighted by atomic mass is 16.5. The summed E-state index contributed by atoms with van der Waals surface area (Å²) < 4.78 is 6.32. The Kier molecular flexibility index (Phi) is 8.62. The molecule has 2 fully saturated rings. The molecule has 0 radical (unpaired) electrons. The van der Waals surface area contributed by atoms with Gasteiger partial charge in [0.05, 0.1) is 12.2 Å². The first-order valence-corrected chi connectivity index (χ1v) is 11.5. The summed E-state index contributed by atoms with van der Waals surface area (Å²) in [5.74, 6) is 2.06. The Hall–Kier alpha value is -1.59. The van der Waals surface area contributed by atoms with Gasteiger partial charge in [-0.15, -0.1) is 0 Å². The van der Waals surface area contributed by atoms with Crippen molar-refractivity contribution in [3.05, 3.63) is 47.5 Å². The molecule has 2 saturated carbocycles. The fraction of sp³-hybridized carbons (Fsp3) is 0.654. The lowest BCUT2D eigenvalue weighted by Crippen LogP contribution is -2.25. The van der Waals surface area contributed by atoms with Crippen molar-refractivity contribution in [1.82, 2.24) is 0 Å². The number of ether oxygens (including phenoxy) is 1. The summed E-state index contributed by atoms with van der Waals surface area (Å²) in [5, 5.41) is 8.66. The topological polar surface area (TPSA) is 33.0 Å². The van der Waals surface area contributed by atoms with Gasteiger partial charge in [-0.25, -0.2) is 0 Å². The zero-order valence-electron chi connectivity index (χ0n) is 17.6. The molecule has 1 aromatic carbocycles. The number of hydrogen-bond donors (Lipinski definition) is 0. The summed E-state index contributed by atoms with van der Waals surface area (Å²) in [6.45, 7) is 3.20. The summed E-state index contributed by atoms with van der Waals surface area (Å²) >= 11 is 0. The van der Waals surface area contributed by atoms with Crippen molar-refractivity contribution in [2.45, 2.75) is 89.6 Å². The minimum atomic E-state index is 0.469. The van der Waals surface area contributed by atoms with Gasteiger partial charge >= 0.3 is 0 Å². The highest BCUT2D eigenvalue weighted by molar-refractivity contribution is 5.26. The van der Waals surface area contributed by atoms with Gasteiger partial charge < -0.3 is 4.74 Å². The lowest BCUT2D eigenvalue weighted by atomic mass is 9.81. The molecule has 0 atom stereocenters. The van der Waals surface area contributed by atoms with E-state index in [0.29, 0.717) is 12.0 Å². The summed E-state index contributed by atoms with van der Waals surface area (Å²) in [7, 11) is 0. The van der Waals surface area contributed by atoms with E-state index in [1.165, 1.54) is 81.8 Å². The van der Waals surface area contributed by atoms with Gasteiger partial charge in [0, 0.05) is 12.7 Å². The molecule has 0 amide bonds. The Labute approximate surface area is 172 Å². The van der Waals surface area contributed by atoms with Gasteiger partial charge in [0.2, 0.25) is 0 Å². The van der Waals surface area contributed by atoms with Crippen LogP contribution in [0.4, 0.5) is 0 Å². The highest BCUT2D eigenvalue weighted by Crippen LogP contribution is 2.35. The molecule has 3 rings (SSSR count). The number of rotatable bonds is 8. The first-order chi connectivity index (χ1) is 13.8. The zero-order valence-corrected chi connectivity index (χ0v) is 17.6. The van der Waals surface area contributed by atoms with Crippen molar-refractivity contribution in [2.75, 3.05) is 6.61 Å². The first-order valence-electron chi connectivity index (χ1n) is 11.5. The predicted molar refractivity (Wildman–Crippen MR) is 116 cm³/mol. The molecule has 2 aliphatic rings. The van der Waals surface area contributed by atoms with E-state index in [1.54, 1.807) is 6.08 Å². The normalized spacial score (nSPS) is 28.3. The minimum Gasteiger partial charge on any atom is -0.378 e. The molecule has 0 aliphatic heterocycles. The van der Waals surface area contributed by atoms with E-state index in [4.69, 9.17) is 10.00 Å². The summed E-state index contributed by atoms with van der Waals surface area (Å²) in [6.07, 6.45) is 17.9. The Bertz CT molecular complexity index is 625. The van der Waals surface area contributed by atoms with E-state index in [9.17, 15) is 0 Å². The van der Waals surface area contributed by atoms with Crippen LogP contribution in [0.5, 0.6) is 0 Å². The van der Waals surface area contributed by atoms with Crippen LogP contribution in [0.3, 0.4) is 0 Å². The van der Waals surface area contributed by atoms with Crippen LogP contribution in [0, 0.1) is 23.2 Å². The molecule has 2 aliphatic carbocycles. The van der Waals surface area contributed by atoms with Crippen LogP contribution >= 0.6 is 0 Å². The largest absolute Gasteiger partial charge is 0.378 e. The average molecular weight is 380 g/mol. The van der Waals surface area contributed by atoms with Crippen LogP contribution in [-0.2, 0) is 11.2 Å².